The minimum atomic E-state index is 0.306. The van der Waals surface area contributed by atoms with Crippen LogP contribution in [0.5, 0.6) is 0 Å². The molecular formula is C15H23N3S. The fourth-order valence-corrected chi connectivity index (χ4v) is 2.57. The first-order chi connectivity index (χ1) is 9.06. The van der Waals surface area contributed by atoms with Gasteiger partial charge in [-0.2, -0.15) is 0 Å². The molecule has 0 saturated carbocycles. The van der Waals surface area contributed by atoms with Gasteiger partial charge >= 0.3 is 0 Å². The Morgan fingerprint density at radius 1 is 1.32 bits per heavy atom. The standard InChI is InChI=1S/C15H23N3S/c1-12-4-3-5-14(10-12)18-8-6-17(7-9-18)11-13(2)15(16)19/h3-5,10,13H,6-9,11H2,1-2H3,(H2,16,19). The summed E-state index contributed by atoms with van der Waals surface area (Å²) in [6, 6.07) is 8.73. The zero-order chi connectivity index (χ0) is 13.8. The Morgan fingerprint density at radius 2 is 2.00 bits per heavy atom. The second-order valence-electron chi connectivity index (χ2n) is 5.43. The van der Waals surface area contributed by atoms with E-state index in [4.69, 9.17) is 18.0 Å². The second kappa shape index (κ2) is 6.35. The largest absolute Gasteiger partial charge is 0.393 e. The Hall–Kier alpha value is -1.13. The number of nitrogens with two attached hydrogens (primary N) is 1. The maximum atomic E-state index is 5.68. The second-order valence-corrected chi connectivity index (χ2v) is 5.90. The van der Waals surface area contributed by atoms with Crippen molar-refractivity contribution in [2.24, 2.45) is 11.7 Å². The molecule has 1 atom stereocenters. The van der Waals surface area contributed by atoms with Crippen LogP contribution in [0.15, 0.2) is 24.3 Å². The first-order valence-electron chi connectivity index (χ1n) is 6.89. The van der Waals surface area contributed by atoms with Crippen LogP contribution in [0.4, 0.5) is 5.69 Å². The van der Waals surface area contributed by atoms with Gasteiger partial charge in [0.1, 0.15) is 0 Å². The van der Waals surface area contributed by atoms with Crippen LogP contribution in [0, 0.1) is 12.8 Å². The van der Waals surface area contributed by atoms with Crippen molar-refractivity contribution in [3.63, 3.8) is 0 Å². The number of rotatable bonds is 4. The van der Waals surface area contributed by atoms with Crippen molar-refractivity contribution in [2.75, 3.05) is 37.6 Å². The summed E-state index contributed by atoms with van der Waals surface area (Å²) in [5.74, 6) is 0.306. The van der Waals surface area contributed by atoms with Gasteiger partial charge in [-0.05, 0) is 24.6 Å². The summed E-state index contributed by atoms with van der Waals surface area (Å²) in [5.41, 5.74) is 8.34. The molecule has 1 fully saturated rings. The molecule has 1 aliphatic rings. The lowest BCUT2D eigenvalue weighted by molar-refractivity contribution is 0.244. The molecule has 4 heteroatoms. The maximum Gasteiger partial charge on any atom is 0.0768 e. The highest BCUT2D eigenvalue weighted by molar-refractivity contribution is 7.80. The van der Waals surface area contributed by atoms with Crippen LogP contribution in [0.2, 0.25) is 0 Å². The van der Waals surface area contributed by atoms with E-state index in [-0.39, 0.29) is 0 Å². The molecule has 1 aromatic carbocycles. The minimum absolute atomic E-state index is 0.306. The summed E-state index contributed by atoms with van der Waals surface area (Å²) in [4.78, 5) is 5.53. The number of piperazine rings is 1. The Bertz CT molecular complexity index is 439. The van der Waals surface area contributed by atoms with Gasteiger partial charge in [0, 0.05) is 44.3 Å². The van der Waals surface area contributed by atoms with Gasteiger partial charge < -0.3 is 10.6 Å². The van der Waals surface area contributed by atoms with E-state index in [1.165, 1.54) is 11.3 Å². The van der Waals surface area contributed by atoms with Gasteiger partial charge in [-0.3, -0.25) is 4.90 Å². The van der Waals surface area contributed by atoms with Gasteiger partial charge in [0.2, 0.25) is 0 Å². The molecule has 1 saturated heterocycles. The van der Waals surface area contributed by atoms with E-state index in [0.717, 1.165) is 32.7 Å². The van der Waals surface area contributed by atoms with Crippen molar-refractivity contribution in [3.8, 4) is 0 Å². The molecule has 1 heterocycles. The summed E-state index contributed by atoms with van der Waals surface area (Å²) in [5, 5.41) is 0. The highest BCUT2D eigenvalue weighted by atomic mass is 32.1. The molecule has 104 valence electrons. The molecule has 0 aromatic heterocycles. The van der Waals surface area contributed by atoms with E-state index in [9.17, 15) is 0 Å². The van der Waals surface area contributed by atoms with Crippen LogP contribution < -0.4 is 10.6 Å². The predicted octanol–water partition coefficient (Wildman–Crippen LogP) is 2.04. The van der Waals surface area contributed by atoms with Gasteiger partial charge in [-0.25, -0.2) is 0 Å². The van der Waals surface area contributed by atoms with Crippen LogP contribution in [0.3, 0.4) is 0 Å². The monoisotopic (exact) mass is 277 g/mol. The third-order valence-corrected chi connectivity index (χ3v) is 4.16. The number of aryl methyl sites for hydroxylation is 1. The summed E-state index contributed by atoms with van der Waals surface area (Å²) >= 11 is 5.04. The predicted molar refractivity (Wildman–Crippen MR) is 85.8 cm³/mol. The zero-order valence-corrected chi connectivity index (χ0v) is 12.6. The molecule has 0 bridgehead atoms. The van der Waals surface area contributed by atoms with E-state index in [1.54, 1.807) is 0 Å². The number of thiocarbonyl (C=S) groups is 1. The van der Waals surface area contributed by atoms with Crippen molar-refractivity contribution in [2.45, 2.75) is 13.8 Å². The van der Waals surface area contributed by atoms with Crippen molar-refractivity contribution in [1.82, 2.24) is 4.90 Å². The van der Waals surface area contributed by atoms with Gasteiger partial charge in [0.05, 0.1) is 4.99 Å². The Kier molecular flexibility index (Phi) is 4.77. The van der Waals surface area contributed by atoms with Crippen molar-refractivity contribution in [3.05, 3.63) is 29.8 Å². The molecule has 0 aliphatic carbocycles. The summed E-state index contributed by atoms with van der Waals surface area (Å²) in [7, 11) is 0. The average Bonchev–Trinajstić information content (AvgIpc) is 2.39. The Balaban J connectivity index is 1.87. The first kappa shape index (κ1) is 14.3. The van der Waals surface area contributed by atoms with Crippen LogP contribution in [0.25, 0.3) is 0 Å². The Morgan fingerprint density at radius 3 is 2.58 bits per heavy atom. The van der Waals surface area contributed by atoms with Crippen molar-refractivity contribution >= 4 is 22.9 Å². The van der Waals surface area contributed by atoms with E-state index >= 15 is 0 Å². The highest BCUT2D eigenvalue weighted by Crippen LogP contribution is 2.18. The fourth-order valence-electron chi connectivity index (χ4n) is 2.49. The Labute approximate surface area is 121 Å². The summed E-state index contributed by atoms with van der Waals surface area (Å²) in [6.07, 6.45) is 0. The average molecular weight is 277 g/mol. The minimum Gasteiger partial charge on any atom is -0.393 e. The number of benzene rings is 1. The zero-order valence-electron chi connectivity index (χ0n) is 11.8. The molecule has 1 unspecified atom stereocenters. The van der Waals surface area contributed by atoms with Gasteiger partial charge in [0.15, 0.2) is 0 Å². The van der Waals surface area contributed by atoms with E-state index in [1.807, 2.05) is 0 Å². The topological polar surface area (TPSA) is 32.5 Å². The van der Waals surface area contributed by atoms with E-state index < -0.39 is 0 Å². The number of nitrogens with zero attached hydrogens (tertiary/aromatic N) is 2. The molecule has 2 rings (SSSR count). The molecule has 19 heavy (non-hydrogen) atoms. The molecule has 2 N–H and O–H groups in total. The lowest BCUT2D eigenvalue weighted by Crippen LogP contribution is -2.48. The quantitative estimate of drug-likeness (QED) is 0.854. The SMILES string of the molecule is Cc1cccc(N2CCN(CC(C)C(N)=S)CC2)c1. The molecule has 3 nitrogen and oxygen atoms in total. The van der Waals surface area contributed by atoms with Crippen LogP contribution in [0.1, 0.15) is 12.5 Å². The third-order valence-electron chi connectivity index (χ3n) is 3.76. The number of hydrogen-bond acceptors (Lipinski definition) is 3. The third kappa shape index (κ3) is 3.91. The lowest BCUT2D eigenvalue weighted by Gasteiger charge is -2.37. The first-order valence-corrected chi connectivity index (χ1v) is 7.30. The smallest absolute Gasteiger partial charge is 0.0768 e. The molecule has 0 amide bonds. The maximum absolute atomic E-state index is 5.68. The van der Waals surface area contributed by atoms with Crippen LogP contribution in [-0.4, -0.2) is 42.6 Å². The van der Waals surface area contributed by atoms with E-state index in [2.05, 4.69) is 47.9 Å². The molecular weight excluding hydrogens is 254 g/mol. The van der Waals surface area contributed by atoms with Crippen LogP contribution in [-0.2, 0) is 0 Å². The molecule has 0 radical (unpaired) electrons. The van der Waals surface area contributed by atoms with Gasteiger partial charge in [-0.1, -0.05) is 31.3 Å². The molecule has 1 aliphatic heterocycles. The van der Waals surface area contributed by atoms with E-state index in [0.29, 0.717) is 10.9 Å². The van der Waals surface area contributed by atoms with Crippen LogP contribution >= 0.6 is 12.2 Å². The van der Waals surface area contributed by atoms with Crippen molar-refractivity contribution < 1.29 is 0 Å². The normalized spacial score (nSPS) is 18.3. The molecule has 0 spiro atoms. The fraction of sp³-hybridized carbons (Fsp3) is 0.533. The summed E-state index contributed by atoms with van der Waals surface area (Å²) < 4.78 is 0. The van der Waals surface area contributed by atoms with Gasteiger partial charge in [0.25, 0.3) is 0 Å². The van der Waals surface area contributed by atoms with Gasteiger partial charge in [-0.15, -0.1) is 0 Å². The molecule has 1 aromatic rings. The number of hydrogen-bond donors (Lipinski definition) is 1. The van der Waals surface area contributed by atoms with Crippen molar-refractivity contribution in [1.29, 1.82) is 0 Å². The number of anilines is 1. The lowest BCUT2D eigenvalue weighted by atomic mass is 10.1. The summed E-state index contributed by atoms with van der Waals surface area (Å²) in [6.45, 7) is 9.55. The highest BCUT2D eigenvalue weighted by Gasteiger charge is 2.19.